The first-order valence-corrected chi connectivity index (χ1v) is 8.56. The Morgan fingerprint density at radius 1 is 1.19 bits per heavy atom. The zero-order valence-corrected chi connectivity index (χ0v) is 15.6. The number of nitrogens with one attached hydrogen (secondary N) is 2. The molecule has 9 nitrogen and oxygen atoms in total. The number of aryl methyl sites for hydroxylation is 1. The van der Waals surface area contributed by atoms with Crippen LogP contribution in [0, 0.1) is 6.92 Å². The average molecular weight is 379 g/mol. The molecule has 1 heterocycles. The Labute approximate surface area is 157 Å². The number of rotatable bonds is 5. The van der Waals surface area contributed by atoms with Crippen LogP contribution in [0.3, 0.4) is 0 Å². The van der Waals surface area contributed by atoms with E-state index in [-0.39, 0.29) is 11.8 Å². The normalized spacial score (nSPS) is 15.1. The number of aliphatic carboxylic acids is 2. The molecule has 0 saturated carbocycles. The fourth-order valence-electron chi connectivity index (χ4n) is 2.61. The smallest absolute Gasteiger partial charge is 0.414 e. The van der Waals surface area contributed by atoms with Crippen LogP contribution in [0.2, 0.25) is 0 Å². The first kappa shape index (κ1) is 22.1. The number of carboxylic acid groups (broad SMARTS) is 2. The van der Waals surface area contributed by atoms with Gasteiger partial charge < -0.3 is 20.8 Å². The Morgan fingerprint density at radius 3 is 2.30 bits per heavy atom. The second kappa shape index (κ2) is 10.3. The van der Waals surface area contributed by atoms with Gasteiger partial charge in [0.2, 0.25) is 11.8 Å². The third-order valence-corrected chi connectivity index (χ3v) is 4.13. The van der Waals surface area contributed by atoms with Gasteiger partial charge in [0, 0.05) is 12.1 Å². The maximum absolute atomic E-state index is 12.1. The number of hydrogen-bond donors (Lipinski definition) is 4. The van der Waals surface area contributed by atoms with E-state index in [0.717, 1.165) is 29.9 Å². The number of carboxylic acids is 2. The molecule has 2 rings (SSSR count). The monoisotopic (exact) mass is 379 g/mol. The van der Waals surface area contributed by atoms with Crippen molar-refractivity contribution in [2.45, 2.75) is 33.2 Å². The first-order chi connectivity index (χ1) is 12.7. The van der Waals surface area contributed by atoms with Crippen LogP contribution in [-0.2, 0) is 25.6 Å². The molecule has 1 aliphatic heterocycles. The summed E-state index contributed by atoms with van der Waals surface area (Å²) in [5.41, 5.74) is 3.01. The van der Waals surface area contributed by atoms with Gasteiger partial charge in [0.1, 0.15) is 6.04 Å². The van der Waals surface area contributed by atoms with Gasteiger partial charge in [0.05, 0.1) is 6.54 Å². The third kappa shape index (κ3) is 6.70. The van der Waals surface area contributed by atoms with Crippen molar-refractivity contribution in [1.82, 2.24) is 10.2 Å². The lowest BCUT2D eigenvalue weighted by Gasteiger charge is -2.27. The fourth-order valence-corrected chi connectivity index (χ4v) is 2.61. The molecule has 0 radical (unpaired) electrons. The SMILES string of the molecule is CCN(CC)CC(=O)NC1Cc2cccc(C)c2NC1=O.O=C(O)C(=O)O. The zero-order valence-electron chi connectivity index (χ0n) is 15.6. The van der Waals surface area contributed by atoms with E-state index in [0.29, 0.717) is 13.0 Å². The number of nitrogens with zero attached hydrogens (tertiary/aromatic N) is 1. The summed E-state index contributed by atoms with van der Waals surface area (Å²) in [6.07, 6.45) is 0.548. The van der Waals surface area contributed by atoms with E-state index >= 15 is 0 Å². The molecular weight excluding hydrogens is 354 g/mol. The minimum atomic E-state index is -1.82. The van der Waals surface area contributed by atoms with Crippen molar-refractivity contribution in [3.05, 3.63) is 29.3 Å². The van der Waals surface area contributed by atoms with Gasteiger partial charge in [-0.3, -0.25) is 14.5 Å². The summed E-state index contributed by atoms with van der Waals surface area (Å²) in [4.78, 5) is 44.4. The summed E-state index contributed by atoms with van der Waals surface area (Å²) < 4.78 is 0. The van der Waals surface area contributed by atoms with Gasteiger partial charge in [-0.05, 0) is 31.1 Å². The lowest BCUT2D eigenvalue weighted by molar-refractivity contribution is -0.159. The number of benzene rings is 1. The molecule has 2 amide bonds. The summed E-state index contributed by atoms with van der Waals surface area (Å²) in [6.45, 7) is 7.98. The minimum Gasteiger partial charge on any atom is -0.473 e. The third-order valence-electron chi connectivity index (χ3n) is 4.13. The van der Waals surface area contributed by atoms with Crippen LogP contribution in [0.15, 0.2) is 18.2 Å². The molecule has 1 aromatic carbocycles. The number of fused-ring (bicyclic) bond motifs is 1. The Kier molecular flexibility index (Phi) is 8.40. The van der Waals surface area contributed by atoms with Gasteiger partial charge in [-0.2, -0.15) is 0 Å². The van der Waals surface area contributed by atoms with Gasteiger partial charge in [-0.1, -0.05) is 32.0 Å². The van der Waals surface area contributed by atoms with E-state index in [2.05, 4.69) is 10.6 Å². The second-order valence-corrected chi connectivity index (χ2v) is 5.99. The molecule has 1 unspecified atom stereocenters. The number of para-hydroxylation sites is 1. The molecule has 1 aliphatic rings. The van der Waals surface area contributed by atoms with Crippen molar-refractivity contribution in [1.29, 1.82) is 0 Å². The largest absolute Gasteiger partial charge is 0.473 e. The Bertz CT molecular complexity index is 703. The molecule has 9 heteroatoms. The highest BCUT2D eigenvalue weighted by atomic mass is 16.4. The van der Waals surface area contributed by atoms with E-state index in [4.69, 9.17) is 19.8 Å². The predicted octanol–water partition coefficient (Wildman–Crippen LogP) is 0.472. The van der Waals surface area contributed by atoms with Crippen LogP contribution in [0.4, 0.5) is 5.69 Å². The lowest BCUT2D eigenvalue weighted by atomic mass is 9.96. The summed E-state index contributed by atoms with van der Waals surface area (Å²) in [5, 5.41) is 20.5. The maximum atomic E-state index is 12.1. The number of likely N-dealkylation sites (N-methyl/N-ethyl adjacent to an activating group) is 1. The van der Waals surface area contributed by atoms with Crippen molar-refractivity contribution < 1.29 is 29.4 Å². The van der Waals surface area contributed by atoms with E-state index in [9.17, 15) is 9.59 Å². The molecule has 4 N–H and O–H groups in total. The molecule has 0 saturated heterocycles. The lowest BCUT2D eigenvalue weighted by Crippen LogP contribution is -2.50. The van der Waals surface area contributed by atoms with E-state index in [1.807, 2.05) is 43.9 Å². The van der Waals surface area contributed by atoms with Crippen LogP contribution in [0.1, 0.15) is 25.0 Å². The molecule has 0 fully saturated rings. The number of anilines is 1. The Morgan fingerprint density at radius 2 is 1.78 bits per heavy atom. The maximum Gasteiger partial charge on any atom is 0.414 e. The standard InChI is InChI=1S/C16H23N3O2.C2H2O4/c1-4-19(5-2)10-14(20)17-13-9-12-8-6-7-11(3)15(12)18-16(13)21;3-1(4)2(5)6/h6-8,13H,4-5,9-10H2,1-3H3,(H,17,20)(H,18,21);(H,3,4)(H,5,6). The quantitative estimate of drug-likeness (QED) is 0.546. The van der Waals surface area contributed by atoms with Crippen molar-refractivity contribution in [3.8, 4) is 0 Å². The van der Waals surface area contributed by atoms with E-state index in [1.54, 1.807) is 0 Å². The summed E-state index contributed by atoms with van der Waals surface area (Å²) in [7, 11) is 0. The molecule has 0 spiro atoms. The van der Waals surface area contributed by atoms with Crippen LogP contribution < -0.4 is 10.6 Å². The zero-order chi connectivity index (χ0) is 20.6. The highest BCUT2D eigenvalue weighted by Gasteiger charge is 2.28. The van der Waals surface area contributed by atoms with Crippen molar-refractivity contribution in [2.24, 2.45) is 0 Å². The molecule has 0 aliphatic carbocycles. The van der Waals surface area contributed by atoms with Gasteiger partial charge in [0.15, 0.2) is 0 Å². The predicted molar refractivity (Wildman–Crippen MR) is 98.5 cm³/mol. The van der Waals surface area contributed by atoms with Gasteiger partial charge >= 0.3 is 11.9 Å². The molecule has 148 valence electrons. The number of amides is 2. The fraction of sp³-hybridized carbons (Fsp3) is 0.444. The number of carbonyl (C=O) groups excluding carboxylic acids is 2. The topological polar surface area (TPSA) is 136 Å². The molecule has 1 aromatic rings. The summed E-state index contributed by atoms with van der Waals surface area (Å²) in [6, 6.07) is 5.45. The first-order valence-electron chi connectivity index (χ1n) is 8.56. The van der Waals surface area contributed by atoms with Crippen molar-refractivity contribution in [2.75, 3.05) is 25.0 Å². The number of hydrogen-bond acceptors (Lipinski definition) is 5. The van der Waals surface area contributed by atoms with Crippen LogP contribution in [0.5, 0.6) is 0 Å². The van der Waals surface area contributed by atoms with Crippen molar-refractivity contribution >= 4 is 29.4 Å². The molecular formula is C18H25N3O6. The van der Waals surface area contributed by atoms with Crippen LogP contribution in [0.25, 0.3) is 0 Å². The highest BCUT2D eigenvalue weighted by Crippen LogP contribution is 2.25. The van der Waals surface area contributed by atoms with E-state index in [1.165, 1.54) is 0 Å². The van der Waals surface area contributed by atoms with Gasteiger partial charge in [0.25, 0.3) is 0 Å². The molecule has 1 atom stereocenters. The van der Waals surface area contributed by atoms with Crippen molar-refractivity contribution in [3.63, 3.8) is 0 Å². The van der Waals surface area contributed by atoms with Crippen LogP contribution >= 0.6 is 0 Å². The number of carbonyl (C=O) groups is 4. The Hall–Kier alpha value is -2.94. The van der Waals surface area contributed by atoms with Gasteiger partial charge in [-0.15, -0.1) is 0 Å². The van der Waals surface area contributed by atoms with E-state index < -0.39 is 18.0 Å². The van der Waals surface area contributed by atoms with Gasteiger partial charge in [-0.25, -0.2) is 9.59 Å². The summed E-state index contributed by atoms with van der Waals surface area (Å²) in [5.74, 6) is -3.88. The highest BCUT2D eigenvalue weighted by molar-refractivity contribution is 6.27. The molecule has 0 bridgehead atoms. The summed E-state index contributed by atoms with van der Waals surface area (Å²) >= 11 is 0. The second-order valence-electron chi connectivity index (χ2n) is 5.99. The molecule has 27 heavy (non-hydrogen) atoms. The molecule has 0 aromatic heterocycles. The minimum absolute atomic E-state index is 0.102. The van der Waals surface area contributed by atoms with Crippen LogP contribution in [-0.4, -0.2) is 64.5 Å². The Balaban J connectivity index is 0.000000527. The average Bonchev–Trinajstić information content (AvgIpc) is 2.61.